The molecule has 0 radical (unpaired) electrons. The lowest BCUT2D eigenvalue weighted by Gasteiger charge is -2.18. The number of amides is 1. The van der Waals surface area contributed by atoms with E-state index < -0.39 is 0 Å². The van der Waals surface area contributed by atoms with Crippen molar-refractivity contribution >= 4 is 34.0 Å². The van der Waals surface area contributed by atoms with Gasteiger partial charge in [0.2, 0.25) is 5.91 Å². The molecule has 0 spiro atoms. The number of unbranched alkanes of at least 4 members (excludes halogenated alkanes) is 1. The van der Waals surface area contributed by atoms with E-state index in [1.165, 1.54) is 0 Å². The second-order valence-electron chi connectivity index (χ2n) is 9.22. The zero-order chi connectivity index (χ0) is 25.9. The number of carbonyl (C=O) groups is 1. The lowest BCUT2D eigenvalue weighted by Crippen LogP contribution is -2.17. The molecule has 0 saturated carbocycles. The zero-order valence-corrected chi connectivity index (χ0v) is 21.0. The predicted molar refractivity (Wildman–Crippen MR) is 151 cm³/mol. The molecule has 8 nitrogen and oxygen atoms in total. The fraction of sp³-hybridized carbons (Fsp3) is 0.167. The summed E-state index contributed by atoms with van der Waals surface area (Å²) in [5, 5.41) is 6.32. The second kappa shape index (κ2) is 10.3. The van der Waals surface area contributed by atoms with Crippen molar-refractivity contribution in [2.45, 2.75) is 26.2 Å². The molecule has 0 bridgehead atoms. The van der Waals surface area contributed by atoms with Crippen LogP contribution in [0, 0.1) is 0 Å². The van der Waals surface area contributed by atoms with Gasteiger partial charge in [0, 0.05) is 41.2 Å². The number of aromatic nitrogens is 4. The van der Waals surface area contributed by atoms with E-state index in [9.17, 15) is 4.79 Å². The third kappa shape index (κ3) is 4.64. The Bertz CT molecular complexity index is 1660. The van der Waals surface area contributed by atoms with Crippen molar-refractivity contribution in [2.75, 3.05) is 17.3 Å². The number of benzene rings is 2. The lowest BCUT2D eigenvalue weighted by molar-refractivity contribution is -0.116. The molecule has 0 saturated heterocycles. The van der Waals surface area contributed by atoms with Crippen LogP contribution in [0.2, 0.25) is 0 Å². The summed E-state index contributed by atoms with van der Waals surface area (Å²) in [6.07, 6.45) is 7.62. The summed E-state index contributed by atoms with van der Waals surface area (Å²) in [7, 11) is 0. The number of hydrogen-bond donors (Lipinski definition) is 3. The van der Waals surface area contributed by atoms with Gasteiger partial charge in [-0.1, -0.05) is 37.6 Å². The van der Waals surface area contributed by atoms with E-state index in [-0.39, 0.29) is 5.91 Å². The Hall–Kier alpha value is -4.85. The minimum Gasteiger partial charge on any atom is -0.366 e. The molecule has 0 atom stereocenters. The van der Waals surface area contributed by atoms with Gasteiger partial charge in [0.15, 0.2) is 5.82 Å². The molecule has 188 valence electrons. The Kier molecular flexibility index (Phi) is 6.35. The van der Waals surface area contributed by atoms with E-state index in [2.05, 4.69) is 38.6 Å². The molecule has 6 rings (SSSR count). The smallest absolute Gasteiger partial charge is 0.224 e. The first kappa shape index (κ1) is 23.5. The SMILES string of the molecule is CCCCC(=O)Nc1cncc(-c2ccc3c(c2)C(c2nc4c(-c5ccccn5)cccc4[nH]2)=NCN3)c1. The topological polar surface area (TPSA) is 108 Å². The van der Waals surface area contributed by atoms with Crippen molar-refractivity contribution in [3.05, 3.63) is 90.6 Å². The molecule has 5 aromatic rings. The van der Waals surface area contributed by atoms with E-state index in [1.807, 2.05) is 54.6 Å². The summed E-state index contributed by atoms with van der Waals surface area (Å²) in [5.74, 6) is 0.711. The zero-order valence-electron chi connectivity index (χ0n) is 21.0. The average molecular weight is 502 g/mol. The number of carbonyl (C=O) groups excluding carboxylic acids is 1. The van der Waals surface area contributed by atoms with Crippen LogP contribution in [0.25, 0.3) is 33.4 Å². The van der Waals surface area contributed by atoms with E-state index in [1.54, 1.807) is 18.6 Å². The summed E-state index contributed by atoms with van der Waals surface area (Å²) in [6, 6.07) is 20.1. The van der Waals surface area contributed by atoms with Crippen LogP contribution in [0.4, 0.5) is 11.4 Å². The van der Waals surface area contributed by atoms with Crippen molar-refractivity contribution in [3.8, 4) is 22.4 Å². The molecule has 0 fully saturated rings. The van der Waals surface area contributed by atoms with Crippen molar-refractivity contribution < 1.29 is 4.79 Å². The highest BCUT2D eigenvalue weighted by atomic mass is 16.1. The minimum atomic E-state index is 0.00446. The van der Waals surface area contributed by atoms with Gasteiger partial charge in [0.1, 0.15) is 12.4 Å². The number of imidazole rings is 1. The van der Waals surface area contributed by atoms with Crippen molar-refractivity contribution in [1.82, 2.24) is 19.9 Å². The van der Waals surface area contributed by atoms with Crippen LogP contribution in [0.5, 0.6) is 0 Å². The number of nitrogens with zero attached hydrogens (tertiary/aromatic N) is 4. The van der Waals surface area contributed by atoms with E-state index in [4.69, 9.17) is 9.98 Å². The molecule has 0 unspecified atom stereocenters. The minimum absolute atomic E-state index is 0.00446. The van der Waals surface area contributed by atoms with E-state index >= 15 is 0 Å². The predicted octanol–water partition coefficient (Wildman–Crippen LogP) is 6.04. The molecule has 4 heterocycles. The largest absolute Gasteiger partial charge is 0.366 e. The number of pyridine rings is 2. The summed E-state index contributed by atoms with van der Waals surface area (Å²) >= 11 is 0. The first-order valence-electron chi connectivity index (χ1n) is 12.8. The van der Waals surface area contributed by atoms with Gasteiger partial charge in [-0.25, -0.2) is 4.98 Å². The molecule has 8 heteroatoms. The number of anilines is 2. The quantitative estimate of drug-likeness (QED) is 0.252. The van der Waals surface area contributed by atoms with Crippen LogP contribution in [0.1, 0.15) is 37.6 Å². The number of aromatic amines is 1. The molecule has 38 heavy (non-hydrogen) atoms. The van der Waals surface area contributed by atoms with Crippen molar-refractivity contribution in [1.29, 1.82) is 0 Å². The molecule has 2 aromatic carbocycles. The third-order valence-electron chi connectivity index (χ3n) is 6.57. The van der Waals surface area contributed by atoms with E-state index in [0.717, 1.165) is 63.2 Å². The first-order valence-corrected chi connectivity index (χ1v) is 12.8. The van der Waals surface area contributed by atoms with Crippen molar-refractivity contribution in [2.24, 2.45) is 4.99 Å². The highest BCUT2D eigenvalue weighted by Gasteiger charge is 2.21. The molecule has 1 aliphatic heterocycles. The van der Waals surface area contributed by atoms with Gasteiger partial charge in [0.05, 0.1) is 28.6 Å². The van der Waals surface area contributed by atoms with Gasteiger partial charge in [0.25, 0.3) is 0 Å². The number of fused-ring (bicyclic) bond motifs is 2. The van der Waals surface area contributed by atoms with Crippen LogP contribution in [-0.2, 0) is 4.79 Å². The number of hydrogen-bond acceptors (Lipinski definition) is 6. The molecule has 0 aliphatic carbocycles. The number of H-pyrrole nitrogens is 1. The Balaban J connectivity index is 1.35. The van der Waals surface area contributed by atoms with Gasteiger partial charge >= 0.3 is 0 Å². The summed E-state index contributed by atoms with van der Waals surface area (Å²) < 4.78 is 0. The van der Waals surface area contributed by atoms with Crippen LogP contribution in [-0.4, -0.2) is 38.2 Å². The fourth-order valence-corrected chi connectivity index (χ4v) is 4.67. The molecular weight excluding hydrogens is 474 g/mol. The van der Waals surface area contributed by atoms with Crippen LogP contribution < -0.4 is 10.6 Å². The van der Waals surface area contributed by atoms with Crippen molar-refractivity contribution in [3.63, 3.8) is 0 Å². The normalized spacial score (nSPS) is 12.5. The highest BCUT2D eigenvalue weighted by Crippen LogP contribution is 2.31. The standard InChI is InChI=1S/C30H27N7O/c1-2-3-10-27(38)35-21-14-20(16-31-17-21)19-11-12-25-23(15-19)29(34-18-33-25)30-36-26-9-6-7-22(28(26)37-30)24-8-4-5-13-32-24/h4-9,11-17,33H,2-3,10,18H2,1H3,(H,35,38)(H,36,37). The molecule has 3 N–H and O–H groups in total. The number of rotatable bonds is 7. The third-order valence-corrected chi connectivity index (χ3v) is 6.57. The maximum atomic E-state index is 12.2. The van der Waals surface area contributed by atoms with Gasteiger partial charge in [-0.05, 0) is 48.4 Å². The Labute approximate surface area is 220 Å². The van der Waals surface area contributed by atoms with Crippen LogP contribution >= 0.6 is 0 Å². The van der Waals surface area contributed by atoms with Gasteiger partial charge in [-0.2, -0.15) is 0 Å². The highest BCUT2D eigenvalue weighted by molar-refractivity contribution is 6.16. The Morgan fingerprint density at radius 3 is 2.82 bits per heavy atom. The van der Waals surface area contributed by atoms with Gasteiger partial charge in [-0.15, -0.1) is 0 Å². The summed E-state index contributed by atoms with van der Waals surface area (Å²) in [5.41, 5.74) is 8.93. The van der Waals surface area contributed by atoms with Crippen LogP contribution in [0.15, 0.2) is 84.2 Å². The fourth-order valence-electron chi connectivity index (χ4n) is 4.67. The number of nitrogens with one attached hydrogen (secondary N) is 3. The van der Waals surface area contributed by atoms with Gasteiger partial charge in [-0.3, -0.25) is 19.8 Å². The average Bonchev–Trinajstić information content (AvgIpc) is 3.40. The lowest BCUT2D eigenvalue weighted by atomic mass is 9.99. The monoisotopic (exact) mass is 501 g/mol. The second-order valence-corrected chi connectivity index (χ2v) is 9.22. The number of aliphatic imine (C=N–C) groups is 1. The Morgan fingerprint density at radius 2 is 1.95 bits per heavy atom. The molecule has 1 aliphatic rings. The summed E-state index contributed by atoms with van der Waals surface area (Å²) in [4.78, 5) is 34.3. The maximum absolute atomic E-state index is 12.2. The molecule has 1 amide bonds. The Morgan fingerprint density at radius 1 is 1.00 bits per heavy atom. The molecular formula is C30H27N7O. The number of para-hydroxylation sites is 1. The van der Waals surface area contributed by atoms with Crippen LogP contribution in [0.3, 0.4) is 0 Å². The molecule has 3 aromatic heterocycles. The van der Waals surface area contributed by atoms with Gasteiger partial charge < -0.3 is 15.6 Å². The first-order chi connectivity index (χ1) is 18.7. The summed E-state index contributed by atoms with van der Waals surface area (Å²) in [6.45, 7) is 2.54. The maximum Gasteiger partial charge on any atom is 0.224 e. The van der Waals surface area contributed by atoms with E-state index in [0.29, 0.717) is 24.6 Å².